The van der Waals surface area contributed by atoms with Gasteiger partial charge in [0.2, 0.25) is 5.91 Å². The van der Waals surface area contributed by atoms with Gasteiger partial charge in [0.05, 0.1) is 0 Å². The van der Waals surface area contributed by atoms with Crippen LogP contribution in [-0.4, -0.2) is 30.4 Å². The number of carbonyl (C=O) groups excluding carboxylic acids is 1. The number of hydrogen-bond donors (Lipinski definition) is 1. The molecule has 0 aromatic heterocycles. The fourth-order valence-electron chi connectivity index (χ4n) is 4.73. The third-order valence-electron chi connectivity index (χ3n) is 5.96. The molecular formula is C16H28N2O. The maximum absolute atomic E-state index is 12.7. The monoisotopic (exact) mass is 264 g/mol. The third-order valence-corrected chi connectivity index (χ3v) is 5.96. The summed E-state index contributed by atoms with van der Waals surface area (Å²) in [5.74, 6) is 2.78. The average molecular weight is 264 g/mol. The molecule has 0 aromatic carbocycles. The molecule has 3 aliphatic carbocycles. The molecule has 0 aliphatic heterocycles. The van der Waals surface area contributed by atoms with Gasteiger partial charge in [-0.2, -0.15) is 0 Å². The Balaban J connectivity index is 1.63. The molecule has 3 heteroatoms. The number of rotatable bonds is 3. The van der Waals surface area contributed by atoms with Crippen LogP contribution < -0.4 is 5.73 Å². The van der Waals surface area contributed by atoms with Crippen molar-refractivity contribution in [3.05, 3.63) is 0 Å². The van der Waals surface area contributed by atoms with Crippen LogP contribution in [0.4, 0.5) is 0 Å². The van der Waals surface area contributed by atoms with Crippen molar-refractivity contribution in [2.75, 3.05) is 13.6 Å². The molecule has 0 spiro atoms. The topological polar surface area (TPSA) is 46.3 Å². The lowest BCUT2D eigenvalue weighted by Gasteiger charge is -2.37. The van der Waals surface area contributed by atoms with E-state index in [0.717, 1.165) is 24.8 Å². The van der Waals surface area contributed by atoms with Crippen LogP contribution in [0.15, 0.2) is 0 Å². The molecule has 3 saturated carbocycles. The minimum atomic E-state index is 0.368. The van der Waals surface area contributed by atoms with Crippen molar-refractivity contribution >= 4 is 5.91 Å². The van der Waals surface area contributed by atoms with Crippen molar-refractivity contribution < 1.29 is 4.79 Å². The summed E-state index contributed by atoms with van der Waals surface area (Å²) in [5.41, 5.74) is 5.90. The summed E-state index contributed by atoms with van der Waals surface area (Å²) in [6, 6.07) is 0.411. The standard InChI is InChI=1S/C16H28N2O/c1-18(14-9-5-2-6-11(14)10-17)16(19)15-12-7-3-4-8-13(12)15/h11-15H,2-10,17H2,1H3. The van der Waals surface area contributed by atoms with Crippen LogP contribution in [0.3, 0.4) is 0 Å². The molecule has 2 N–H and O–H groups in total. The first-order valence-electron chi connectivity index (χ1n) is 8.20. The van der Waals surface area contributed by atoms with E-state index >= 15 is 0 Å². The molecule has 108 valence electrons. The van der Waals surface area contributed by atoms with Gasteiger partial charge in [-0.3, -0.25) is 4.79 Å². The Morgan fingerprint density at radius 1 is 1.05 bits per heavy atom. The molecule has 0 bridgehead atoms. The Labute approximate surface area is 116 Å². The van der Waals surface area contributed by atoms with Crippen molar-refractivity contribution in [1.82, 2.24) is 4.90 Å². The second-order valence-electron chi connectivity index (χ2n) is 6.93. The highest BCUT2D eigenvalue weighted by Gasteiger charge is 2.56. The van der Waals surface area contributed by atoms with E-state index < -0.39 is 0 Å². The van der Waals surface area contributed by atoms with Crippen molar-refractivity contribution in [1.29, 1.82) is 0 Å². The minimum Gasteiger partial charge on any atom is -0.342 e. The van der Waals surface area contributed by atoms with E-state index in [2.05, 4.69) is 4.90 Å². The molecular weight excluding hydrogens is 236 g/mol. The molecule has 0 saturated heterocycles. The zero-order chi connectivity index (χ0) is 13.4. The van der Waals surface area contributed by atoms with Gasteiger partial charge in [-0.1, -0.05) is 25.7 Å². The lowest BCUT2D eigenvalue weighted by atomic mass is 9.83. The normalized spacial score (nSPS) is 41.5. The van der Waals surface area contributed by atoms with Crippen LogP contribution in [0.5, 0.6) is 0 Å². The smallest absolute Gasteiger partial charge is 0.226 e. The fourth-order valence-corrected chi connectivity index (χ4v) is 4.73. The molecule has 0 heterocycles. The molecule has 0 aromatic rings. The molecule has 3 rings (SSSR count). The summed E-state index contributed by atoms with van der Waals surface area (Å²) in [4.78, 5) is 14.8. The summed E-state index contributed by atoms with van der Waals surface area (Å²) in [6.07, 6.45) is 10.2. The van der Waals surface area contributed by atoms with Crippen LogP contribution in [0.25, 0.3) is 0 Å². The van der Waals surface area contributed by atoms with Crippen LogP contribution >= 0.6 is 0 Å². The summed E-state index contributed by atoms with van der Waals surface area (Å²) >= 11 is 0. The fraction of sp³-hybridized carbons (Fsp3) is 0.938. The summed E-state index contributed by atoms with van der Waals surface area (Å²) in [6.45, 7) is 0.736. The number of fused-ring (bicyclic) bond motifs is 1. The summed E-state index contributed by atoms with van der Waals surface area (Å²) in [5, 5.41) is 0. The first kappa shape index (κ1) is 13.4. The van der Waals surface area contributed by atoms with E-state index in [1.54, 1.807) is 0 Å². The highest BCUT2D eigenvalue weighted by Crippen LogP contribution is 2.56. The van der Waals surface area contributed by atoms with Crippen molar-refractivity contribution in [2.45, 2.75) is 57.4 Å². The highest BCUT2D eigenvalue weighted by molar-refractivity contribution is 5.82. The second kappa shape index (κ2) is 5.43. The number of amides is 1. The zero-order valence-electron chi connectivity index (χ0n) is 12.2. The lowest BCUT2D eigenvalue weighted by Crippen LogP contribution is -2.46. The van der Waals surface area contributed by atoms with Gasteiger partial charge in [-0.15, -0.1) is 0 Å². The predicted molar refractivity (Wildman–Crippen MR) is 76.5 cm³/mol. The molecule has 4 unspecified atom stereocenters. The number of hydrogen-bond acceptors (Lipinski definition) is 2. The van der Waals surface area contributed by atoms with E-state index in [1.807, 2.05) is 7.05 Å². The number of nitrogens with two attached hydrogens (primary N) is 1. The van der Waals surface area contributed by atoms with E-state index in [0.29, 0.717) is 23.8 Å². The Morgan fingerprint density at radius 2 is 1.63 bits per heavy atom. The predicted octanol–water partition coefficient (Wildman–Crippen LogP) is 2.40. The summed E-state index contributed by atoms with van der Waals surface area (Å²) < 4.78 is 0. The zero-order valence-corrected chi connectivity index (χ0v) is 12.2. The van der Waals surface area contributed by atoms with Gasteiger partial charge in [0, 0.05) is 19.0 Å². The Bertz CT molecular complexity index is 332. The Kier molecular flexibility index (Phi) is 3.84. The van der Waals surface area contributed by atoms with Crippen LogP contribution in [0.1, 0.15) is 51.4 Å². The van der Waals surface area contributed by atoms with E-state index in [4.69, 9.17) is 5.73 Å². The average Bonchev–Trinajstić information content (AvgIpc) is 3.20. The van der Waals surface area contributed by atoms with Crippen LogP contribution in [0.2, 0.25) is 0 Å². The molecule has 3 aliphatic rings. The largest absolute Gasteiger partial charge is 0.342 e. The Hall–Kier alpha value is -0.570. The van der Waals surface area contributed by atoms with Gasteiger partial charge in [0.1, 0.15) is 0 Å². The highest BCUT2D eigenvalue weighted by atomic mass is 16.2. The third kappa shape index (κ3) is 2.42. The van der Waals surface area contributed by atoms with Gasteiger partial charge in [-0.25, -0.2) is 0 Å². The SMILES string of the molecule is CN(C(=O)C1C2CCCCC21)C1CCCCC1CN. The molecule has 0 radical (unpaired) electrons. The minimum absolute atomic E-state index is 0.368. The van der Waals surface area contributed by atoms with Crippen molar-refractivity contribution in [2.24, 2.45) is 29.4 Å². The maximum atomic E-state index is 12.7. The Morgan fingerprint density at radius 3 is 2.26 bits per heavy atom. The molecule has 4 atom stereocenters. The van der Waals surface area contributed by atoms with Gasteiger partial charge in [0.15, 0.2) is 0 Å². The van der Waals surface area contributed by atoms with Crippen molar-refractivity contribution in [3.8, 4) is 0 Å². The van der Waals surface area contributed by atoms with E-state index in [1.165, 1.54) is 44.9 Å². The van der Waals surface area contributed by atoms with Gasteiger partial charge in [0.25, 0.3) is 0 Å². The first-order valence-corrected chi connectivity index (χ1v) is 8.20. The maximum Gasteiger partial charge on any atom is 0.226 e. The second-order valence-corrected chi connectivity index (χ2v) is 6.93. The molecule has 1 amide bonds. The van der Waals surface area contributed by atoms with Gasteiger partial charge >= 0.3 is 0 Å². The lowest BCUT2D eigenvalue weighted by molar-refractivity contribution is -0.135. The van der Waals surface area contributed by atoms with Crippen LogP contribution in [-0.2, 0) is 4.79 Å². The van der Waals surface area contributed by atoms with E-state index in [9.17, 15) is 4.79 Å². The quantitative estimate of drug-likeness (QED) is 0.851. The van der Waals surface area contributed by atoms with Gasteiger partial charge in [-0.05, 0) is 50.0 Å². The van der Waals surface area contributed by atoms with E-state index in [-0.39, 0.29) is 0 Å². The number of carbonyl (C=O) groups is 1. The first-order chi connectivity index (χ1) is 9.24. The molecule has 3 fully saturated rings. The van der Waals surface area contributed by atoms with Crippen LogP contribution in [0, 0.1) is 23.7 Å². The summed E-state index contributed by atoms with van der Waals surface area (Å²) in [7, 11) is 2.03. The van der Waals surface area contributed by atoms with Gasteiger partial charge < -0.3 is 10.6 Å². The molecule has 19 heavy (non-hydrogen) atoms. The molecule has 3 nitrogen and oxygen atoms in total. The van der Waals surface area contributed by atoms with Crippen molar-refractivity contribution in [3.63, 3.8) is 0 Å². The number of nitrogens with zero attached hydrogens (tertiary/aromatic N) is 1.